The monoisotopic (exact) mass is 354 g/mol. The van der Waals surface area contributed by atoms with Crippen LogP contribution >= 0.6 is 0 Å². The molecule has 2 aliphatic rings. The fraction of sp³-hybridized carbons (Fsp3) is 0.0909. The van der Waals surface area contributed by atoms with Crippen LogP contribution in [0.25, 0.3) is 46.4 Å². The molecule has 5 heteroatoms. The molecule has 0 fully saturated rings. The molecule has 3 aromatic rings. The molecule has 0 saturated heterocycles. The first-order chi connectivity index (χ1) is 13.2. The Morgan fingerprint density at radius 3 is 2.04 bits per heavy atom. The quantitative estimate of drug-likeness (QED) is 0.478. The van der Waals surface area contributed by atoms with Crippen LogP contribution in [-0.2, 0) is 11.3 Å². The van der Waals surface area contributed by atoms with Gasteiger partial charge in [0.05, 0.1) is 29.4 Å². The Morgan fingerprint density at radius 1 is 0.704 bits per heavy atom. The third-order valence-corrected chi connectivity index (χ3v) is 4.55. The number of nitrogens with zero attached hydrogens (tertiary/aromatic N) is 2. The van der Waals surface area contributed by atoms with E-state index in [1.807, 2.05) is 42.5 Å². The minimum absolute atomic E-state index is 0.541. The number of rotatable bonds is 2. The van der Waals surface area contributed by atoms with E-state index in [2.05, 4.69) is 44.2 Å². The molecule has 0 aromatic carbocycles. The summed E-state index contributed by atoms with van der Waals surface area (Å²) in [6.07, 6.45) is 8.03. The predicted molar refractivity (Wildman–Crippen MR) is 110 cm³/mol. The number of aromatic amines is 2. The van der Waals surface area contributed by atoms with Gasteiger partial charge in [0, 0.05) is 34.7 Å². The molecule has 3 aromatic heterocycles. The molecule has 2 N–H and O–H groups in total. The molecular formula is C22H18N4O. The highest BCUT2D eigenvalue weighted by Gasteiger charge is 2.05. The number of methoxy groups -OCH3 is 1. The molecule has 27 heavy (non-hydrogen) atoms. The SMILES string of the molecule is COCc1cc2cc3ccc(cc4nc(cc5nc(cc1[nH]2)C=C5)C=C4)[nH]3. The molecule has 5 heterocycles. The van der Waals surface area contributed by atoms with Crippen molar-refractivity contribution in [2.75, 3.05) is 7.11 Å². The summed E-state index contributed by atoms with van der Waals surface area (Å²) >= 11 is 0. The van der Waals surface area contributed by atoms with Crippen molar-refractivity contribution < 1.29 is 4.74 Å². The number of hydrogen-bond acceptors (Lipinski definition) is 3. The molecule has 0 saturated carbocycles. The van der Waals surface area contributed by atoms with Crippen molar-refractivity contribution in [3.63, 3.8) is 0 Å². The third-order valence-electron chi connectivity index (χ3n) is 4.55. The Hall–Kier alpha value is -3.44. The maximum Gasteiger partial charge on any atom is 0.0734 e. The van der Waals surface area contributed by atoms with Crippen LogP contribution in [0.2, 0.25) is 0 Å². The van der Waals surface area contributed by atoms with Gasteiger partial charge in [-0.1, -0.05) is 0 Å². The Bertz CT molecular complexity index is 1240. The largest absolute Gasteiger partial charge is 0.380 e. The molecule has 0 amide bonds. The number of hydrogen-bond donors (Lipinski definition) is 2. The molecule has 5 nitrogen and oxygen atoms in total. The molecule has 0 aliphatic carbocycles. The molecule has 0 spiro atoms. The molecule has 0 radical (unpaired) electrons. The maximum absolute atomic E-state index is 5.36. The maximum atomic E-state index is 5.36. The van der Waals surface area contributed by atoms with Crippen LogP contribution in [0.3, 0.4) is 0 Å². The van der Waals surface area contributed by atoms with E-state index in [0.29, 0.717) is 6.61 Å². The number of nitrogens with one attached hydrogen (secondary N) is 2. The molecule has 132 valence electrons. The summed E-state index contributed by atoms with van der Waals surface area (Å²) in [6, 6.07) is 14.4. The molecule has 0 unspecified atom stereocenters. The summed E-state index contributed by atoms with van der Waals surface area (Å²) in [5.41, 5.74) is 8.78. The fourth-order valence-corrected chi connectivity index (χ4v) is 3.35. The Morgan fingerprint density at radius 2 is 1.33 bits per heavy atom. The lowest BCUT2D eigenvalue weighted by Gasteiger charge is -1.94. The van der Waals surface area contributed by atoms with Crippen LogP contribution in [0.1, 0.15) is 28.3 Å². The average molecular weight is 354 g/mol. The van der Waals surface area contributed by atoms with Gasteiger partial charge in [0.15, 0.2) is 0 Å². The lowest BCUT2D eigenvalue weighted by atomic mass is 10.2. The summed E-state index contributed by atoms with van der Waals surface area (Å²) in [5, 5.41) is 0. The van der Waals surface area contributed by atoms with Gasteiger partial charge in [0.1, 0.15) is 0 Å². The second-order valence-electron chi connectivity index (χ2n) is 6.63. The van der Waals surface area contributed by atoms with Gasteiger partial charge in [-0.25, -0.2) is 9.97 Å². The van der Waals surface area contributed by atoms with Crippen molar-refractivity contribution in [3.05, 3.63) is 70.8 Å². The first-order valence-electron chi connectivity index (χ1n) is 8.81. The number of aromatic nitrogens is 4. The standard InChI is InChI=1S/C22H18N4O/c1-27-13-14-8-21-11-19-5-4-17(24-19)9-15-2-3-16(23-15)10-18-6-7-20(25-18)12-22(14)26-21/h2-12,24,26H,13H2,1H3. The molecule has 0 atom stereocenters. The van der Waals surface area contributed by atoms with E-state index in [0.717, 1.165) is 50.4 Å². The van der Waals surface area contributed by atoms with E-state index in [1.165, 1.54) is 0 Å². The second-order valence-corrected chi connectivity index (χ2v) is 6.63. The predicted octanol–water partition coefficient (Wildman–Crippen LogP) is 4.80. The van der Waals surface area contributed by atoms with E-state index in [9.17, 15) is 0 Å². The zero-order valence-corrected chi connectivity index (χ0v) is 14.9. The Balaban J connectivity index is 1.83. The third kappa shape index (κ3) is 3.20. The van der Waals surface area contributed by atoms with Gasteiger partial charge in [0.2, 0.25) is 0 Å². The summed E-state index contributed by atoms with van der Waals surface area (Å²) in [5.74, 6) is 0. The van der Waals surface area contributed by atoms with E-state index in [-0.39, 0.29) is 0 Å². The first kappa shape index (κ1) is 15.8. The highest BCUT2D eigenvalue weighted by molar-refractivity contribution is 5.78. The van der Waals surface area contributed by atoms with E-state index in [4.69, 9.17) is 4.74 Å². The van der Waals surface area contributed by atoms with Crippen LogP contribution in [0.5, 0.6) is 0 Å². The minimum Gasteiger partial charge on any atom is -0.380 e. The van der Waals surface area contributed by atoms with Crippen molar-refractivity contribution in [3.8, 4) is 0 Å². The van der Waals surface area contributed by atoms with Gasteiger partial charge in [-0.05, 0) is 66.8 Å². The van der Waals surface area contributed by atoms with Crippen molar-refractivity contribution in [2.45, 2.75) is 6.61 Å². The van der Waals surface area contributed by atoms with Crippen molar-refractivity contribution >= 4 is 46.4 Å². The lowest BCUT2D eigenvalue weighted by Crippen LogP contribution is -1.84. The summed E-state index contributed by atoms with van der Waals surface area (Å²) in [6.45, 7) is 0.541. The van der Waals surface area contributed by atoms with Gasteiger partial charge in [-0.2, -0.15) is 0 Å². The molecule has 5 rings (SSSR count). The zero-order chi connectivity index (χ0) is 18.2. The van der Waals surface area contributed by atoms with E-state index in [1.54, 1.807) is 7.11 Å². The Kier molecular flexibility index (Phi) is 3.73. The molecular weight excluding hydrogens is 336 g/mol. The minimum atomic E-state index is 0.541. The highest BCUT2D eigenvalue weighted by Crippen LogP contribution is 2.19. The smallest absolute Gasteiger partial charge is 0.0734 e. The lowest BCUT2D eigenvalue weighted by molar-refractivity contribution is 0.186. The number of fused-ring (bicyclic) bond motifs is 8. The normalized spacial score (nSPS) is 12.6. The van der Waals surface area contributed by atoms with Crippen molar-refractivity contribution in [1.82, 2.24) is 19.9 Å². The van der Waals surface area contributed by atoms with Gasteiger partial charge in [-0.3, -0.25) is 0 Å². The molecule has 2 aliphatic heterocycles. The van der Waals surface area contributed by atoms with Crippen LogP contribution in [-0.4, -0.2) is 27.0 Å². The molecule has 8 bridgehead atoms. The van der Waals surface area contributed by atoms with Gasteiger partial charge < -0.3 is 14.7 Å². The summed E-state index contributed by atoms with van der Waals surface area (Å²) in [4.78, 5) is 16.2. The van der Waals surface area contributed by atoms with Crippen molar-refractivity contribution in [1.29, 1.82) is 0 Å². The summed E-state index contributed by atoms with van der Waals surface area (Å²) < 4.78 is 5.36. The Labute approximate surface area is 156 Å². The topological polar surface area (TPSA) is 66.6 Å². The van der Waals surface area contributed by atoms with E-state index >= 15 is 0 Å². The van der Waals surface area contributed by atoms with Crippen LogP contribution in [0.4, 0.5) is 0 Å². The highest BCUT2D eigenvalue weighted by atomic mass is 16.5. The van der Waals surface area contributed by atoms with Gasteiger partial charge in [0.25, 0.3) is 0 Å². The van der Waals surface area contributed by atoms with Gasteiger partial charge in [-0.15, -0.1) is 0 Å². The van der Waals surface area contributed by atoms with Crippen LogP contribution < -0.4 is 0 Å². The van der Waals surface area contributed by atoms with Crippen molar-refractivity contribution in [2.24, 2.45) is 0 Å². The fourth-order valence-electron chi connectivity index (χ4n) is 3.35. The van der Waals surface area contributed by atoms with Gasteiger partial charge >= 0.3 is 0 Å². The van der Waals surface area contributed by atoms with Crippen LogP contribution in [0.15, 0.2) is 42.5 Å². The summed E-state index contributed by atoms with van der Waals surface area (Å²) in [7, 11) is 1.71. The van der Waals surface area contributed by atoms with E-state index < -0.39 is 0 Å². The second kappa shape index (κ2) is 6.37. The number of H-pyrrole nitrogens is 2. The number of ether oxygens (including phenoxy) is 1. The van der Waals surface area contributed by atoms with Crippen LogP contribution in [0, 0.1) is 0 Å². The first-order valence-corrected chi connectivity index (χ1v) is 8.81. The zero-order valence-electron chi connectivity index (χ0n) is 14.9. The average Bonchev–Trinajstić information content (AvgIpc) is 3.41.